The lowest BCUT2D eigenvalue weighted by atomic mass is 9.96. The lowest BCUT2D eigenvalue weighted by Crippen LogP contribution is -2.57. The van der Waals surface area contributed by atoms with Crippen LogP contribution in [0.3, 0.4) is 0 Å². The predicted octanol–water partition coefficient (Wildman–Crippen LogP) is 2.31. The van der Waals surface area contributed by atoms with Crippen LogP contribution in [0.25, 0.3) is 0 Å². The maximum absolute atomic E-state index is 13.5. The molecule has 8 nitrogen and oxygen atoms in total. The van der Waals surface area contributed by atoms with E-state index >= 15 is 0 Å². The van der Waals surface area contributed by atoms with Gasteiger partial charge in [0.1, 0.15) is 0 Å². The molecular formula is C26H31ClN2O6S. The van der Waals surface area contributed by atoms with Crippen LogP contribution in [0.1, 0.15) is 30.4 Å². The number of fused-ring (bicyclic) bond motifs is 2. The summed E-state index contributed by atoms with van der Waals surface area (Å²) in [5, 5.41) is 13.8. The molecule has 36 heavy (non-hydrogen) atoms. The molecule has 2 N–H and O–H groups in total. The third-order valence-electron chi connectivity index (χ3n) is 7.17. The van der Waals surface area contributed by atoms with E-state index in [0.717, 1.165) is 12.8 Å². The Hall–Kier alpha value is -2.01. The summed E-state index contributed by atoms with van der Waals surface area (Å²) in [7, 11) is -3.94. The molecule has 4 atom stereocenters. The van der Waals surface area contributed by atoms with Gasteiger partial charge in [-0.05, 0) is 55.0 Å². The fraction of sp³-hybridized carbons (Fsp3) is 0.500. The standard InChI is InChI=1S/C26H31ClN2O6S/c27-19-6-3-7-23(12-19)36(32,33)29-14-21(30)15-34-16-25-24(29)9-8-22(35-25)13-26(31)28-20-10-17-4-1-2-5-18(17)11-20/h1-7,12,20-22,24-25,30H,8-11,13-16H2,(H,28,31)/t21-,22+,24-,25+/m0/s1. The highest BCUT2D eigenvalue weighted by molar-refractivity contribution is 7.89. The lowest BCUT2D eigenvalue weighted by molar-refractivity contribution is -0.146. The third-order valence-corrected chi connectivity index (χ3v) is 9.29. The van der Waals surface area contributed by atoms with Crippen LogP contribution >= 0.6 is 11.6 Å². The zero-order chi connectivity index (χ0) is 25.3. The minimum Gasteiger partial charge on any atom is -0.389 e. The van der Waals surface area contributed by atoms with E-state index in [1.165, 1.54) is 27.6 Å². The number of halogens is 1. The number of nitrogens with one attached hydrogen (secondary N) is 1. The number of carbonyl (C=O) groups is 1. The Kier molecular flexibility index (Phi) is 7.67. The molecule has 2 saturated heterocycles. The zero-order valence-corrected chi connectivity index (χ0v) is 21.5. The number of benzene rings is 2. The monoisotopic (exact) mass is 534 g/mol. The molecule has 5 rings (SSSR count). The Morgan fingerprint density at radius 2 is 1.83 bits per heavy atom. The summed E-state index contributed by atoms with van der Waals surface area (Å²) < 4.78 is 40.3. The van der Waals surface area contributed by atoms with Crippen molar-refractivity contribution in [1.29, 1.82) is 0 Å². The van der Waals surface area contributed by atoms with Gasteiger partial charge in [-0.25, -0.2) is 8.42 Å². The molecular weight excluding hydrogens is 504 g/mol. The molecule has 10 heteroatoms. The van der Waals surface area contributed by atoms with Crippen LogP contribution in [-0.2, 0) is 37.1 Å². The summed E-state index contributed by atoms with van der Waals surface area (Å²) in [6.07, 6.45) is 1.03. The number of sulfonamides is 1. The van der Waals surface area contributed by atoms with Gasteiger partial charge in [0, 0.05) is 17.6 Å². The third kappa shape index (κ3) is 5.61. The summed E-state index contributed by atoms with van der Waals surface area (Å²) in [6, 6.07) is 13.9. The van der Waals surface area contributed by atoms with E-state index in [1.54, 1.807) is 12.1 Å². The van der Waals surface area contributed by atoms with Crippen molar-refractivity contribution in [1.82, 2.24) is 9.62 Å². The number of aliphatic hydroxyl groups excluding tert-OH is 1. The molecule has 1 amide bonds. The van der Waals surface area contributed by atoms with E-state index in [9.17, 15) is 18.3 Å². The summed E-state index contributed by atoms with van der Waals surface area (Å²) in [5.74, 6) is -0.0677. The van der Waals surface area contributed by atoms with E-state index in [2.05, 4.69) is 17.4 Å². The van der Waals surface area contributed by atoms with Gasteiger partial charge in [0.2, 0.25) is 15.9 Å². The number of nitrogens with zero attached hydrogens (tertiary/aromatic N) is 1. The van der Waals surface area contributed by atoms with Crippen molar-refractivity contribution >= 4 is 27.5 Å². The molecule has 3 aliphatic rings. The molecule has 2 aromatic carbocycles. The topological polar surface area (TPSA) is 105 Å². The molecule has 2 heterocycles. The first-order chi connectivity index (χ1) is 17.3. The Balaban J connectivity index is 1.25. The van der Waals surface area contributed by atoms with Crippen LogP contribution < -0.4 is 5.32 Å². The van der Waals surface area contributed by atoms with Crippen LogP contribution in [0.2, 0.25) is 5.02 Å². The number of β-amino-alcohol motifs (C(OH)–C–C–N with tert-alkyl or cyclic N) is 1. The van der Waals surface area contributed by atoms with Gasteiger partial charge in [0.05, 0.1) is 48.9 Å². The first kappa shape index (κ1) is 25.6. The number of aliphatic hydroxyl groups is 1. The van der Waals surface area contributed by atoms with Crippen molar-refractivity contribution in [3.05, 3.63) is 64.7 Å². The van der Waals surface area contributed by atoms with Crippen molar-refractivity contribution in [2.45, 2.75) is 67.4 Å². The Bertz CT molecular complexity index is 1180. The summed E-state index contributed by atoms with van der Waals surface area (Å²) >= 11 is 6.05. The van der Waals surface area contributed by atoms with Gasteiger partial charge in [-0.3, -0.25) is 4.79 Å². The molecule has 194 valence electrons. The van der Waals surface area contributed by atoms with Crippen molar-refractivity contribution in [2.24, 2.45) is 0 Å². The van der Waals surface area contributed by atoms with E-state index in [1.807, 2.05) is 12.1 Å². The number of ether oxygens (including phenoxy) is 2. The number of rotatable bonds is 5. The van der Waals surface area contributed by atoms with Gasteiger partial charge in [-0.1, -0.05) is 41.9 Å². The molecule has 0 aromatic heterocycles. The number of amides is 1. The molecule has 2 fully saturated rings. The summed E-state index contributed by atoms with van der Waals surface area (Å²) in [5.41, 5.74) is 2.55. The molecule has 2 aliphatic heterocycles. The zero-order valence-electron chi connectivity index (χ0n) is 19.9. The molecule has 0 bridgehead atoms. The highest BCUT2D eigenvalue weighted by Gasteiger charge is 2.43. The van der Waals surface area contributed by atoms with Gasteiger partial charge in [-0.15, -0.1) is 0 Å². The second-order valence-corrected chi connectivity index (χ2v) is 12.1. The molecule has 1 aliphatic carbocycles. The first-order valence-corrected chi connectivity index (χ1v) is 14.2. The Labute approximate surface area is 216 Å². The molecule has 2 aromatic rings. The number of carbonyl (C=O) groups excluding carboxylic acids is 1. The lowest BCUT2D eigenvalue weighted by Gasteiger charge is -2.43. The second-order valence-electron chi connectivity index (χ2n) is 9.81. The number of hydrogen-bond acceptors (Lipinski definition) is 6. The van der Waals surface area contributed by atoms with Gasteiger partial charge in [-0.2, -0.15) is 4.31 Å². The highest BCUT2D eigenvalue weighted by atomic mass is 35.5. The maximum atomic E-state index is 13.5. The van der Waals surface area contributed by atoms with E-state index in [-0.39, 0.29) is 49.1 Å². The van der Waals surface area contributed by atoms with Gasteiger partial charge < -0.3 is 19.9 Å². The van der Waals surface area contributed by atoms with Crippen LogP contribution in [0.4, 0.5) is 0 Å². The Morgan fingerprint density at radius 3 is 2.56 bits per heavy atom. The van der Waals surface area contributed by atoms with Crippen molar-refractivity contribution in [3.63, 3.8) is 0 Å². The largest absolute Gasteiger partial charge is 0.389 e. The fourth-order valence-corrected chi connectivity index (χ4v) is 7.51. The first-order valence-electron chi connectivity index (χ1n) is 12.3. The highest BCUT2D eigenvalue weighted by Crippen LogP contribution is 2.32. The van der Waals surface area contributed by atoms with Crippen molar-refractivity contribution in [2.75, 3.05) is 19.8 Å². The molecule has 0 saturated carbocycles. The molecule has 0 radical (unpaired) electrons. The smallest absolute Gasteiger partial charge is 0.243 e. The van der Waals surface area contributed by atoms with Gasteiger partial charge >= 0.3 is 0 Å². The molecule has 0 spiro atoms. The quantitative estimate of drug-likeness (QED) is 0.610. The van der Waals surface area contributed by atoms with E-state index < -0.39 is 28.3 Å². The minimum atomic E-state index is -3.94. The fourth-order valence-electron chi connectivity index (χ4n) is 5.49. The normalized spacial score (nSPS) is 27.5. The van der Waals surface area contributed by atoms with Crippen LogP contribution in [-0.4, -0.2) is 73.9 Å². The van der Waals surface area contributed by atoms with Gasteiger partial charge in [0.25, 0.3) is 0 Å². The average molecular weight is 535 g/mol. The van der Waals surface area contributed by atoms with Crippen LogP contribution in [0, 0.1) is 0 Å². The Morgan fingerprint density at radius 1 is 1.08 bits per heavy atom. The maximum Gasteiger partial charge on any atom is 0.243 e. The second kappa shape index (κ2) is 10.8. The number of hydrogen-bond donors (Lipinski definition) is 2. The summed E-state index contributed by atoms with van der Waals surface area (Å²) in [4.78, 5) is 12.9. The van der Waals surface area contributed by atoms with Crippen molar-refractivity contribution in [3.8, 4) is 0 Å². The van der Waals surface area contributed by atoms with Crippen molar-refractivity contribution < 1.29 is 27.8 Å². The average Bonchev–Trinajstić information content (AvgIpc) is 3.24. The predicted molar refractivity (Wildman–Crippen MR) is 134 cm³/mol. The van der Waals surface area contributed by atoms with E-state index in [0.29, 0.717) is 17.9 Å². The molecule has 0 unspecified atom stereocenters. The summed E-state index contributed by atoms with van der Waals surface area (Å²) in [6.45, 7) is 0.0354. The van der Waals surface area contributed by atoms with E-state index in [4.69, 9.17) is 21.1 Å². The minimum absolute atomic E-state index is 0.00153. The van der Waals surface area contributed by atoms with Gasteiger partial charge in [0.15, 0.2) is 0 Å². The van der Waals surface area contributed by atoms with Crippen LogP contribution in [0.5, 0.6) is 0 Å². The van der Waals surface area contributed by atoms with Crippen LogP contribution in [0.15, 0.2) is 53.4 Å². The SMILES string of the molecule is O=C(C[C@H]1CC[C@H]2[C@@H](COC[C@@H](O)CN2S(=O)(=O)c2cccc(Cl)c2)O1)NC1Cc2ccccc2C1.